The van der Waals surface area contributed by atoms with Crippen molar-refractivity contribution < 1.29 is 13.6 Å². The number of ether oxygens (including phenoxy) is 1. The molecule has 0 aromatic carbocycles. The van der Waals surface area contributed by atoms with E-state index in [1.54, 1.807) is 7.11 Å². The van der Waals surface area contributed by atoms with Crippen molar-refractivity contribution in [3.8, 4) is 0 Å². The first-order valence-corrected chi connectivity index (χ1v) is 14.2. The Hall–Kier alpha value is -0.686. The highest BCUT2D eigenvalue weighted by Crippen LogP contribution is 2.18. The summed E-state index contributed by atoms with van der Waals surface area (Å²) < 4.78 is 17.4. The van der Waals surface area contributed by atoms with E-state index in [-0.39, 0.29) is 0 Å². The molecule has 0 saturated carbocycles. The second-order valence-corrected chi connectivity index (χ2v) is 15.7. The molecule has 0 saturated heterocycles. The fourth-order valence-corrected chi connectivity index (χ4v) is 3.08. The number of allylic oxidation sites excluding steroid dienone is 2. The van der Waals surface area contributed by atoms with E-state index in [9.17, 15) is 0 Å². The van der Waals surface area contributed by atoms with Gasteiger partial charge in [0.25, 0.3) is 5.95 Å². The van der Waals surface area contributed by atoms with Gasteiger partial charge in [-0.25, -0.2) is 0 Å². The molecule has 0 bridgehead atoms. The lowest BCUT2D eigenvalue weighted by Crippen LogP contribution is -2.26. The Balaban J connectivity index is 5.03. The van der Waals surface area contributed by atoms with Crippen LogP contribution >= 0.6 is 0 Å². The Morgan fingerprint density at radius 1 is 0.950 bits per heavy atom. The molecule has 20 heavy (non-hydrogen) atoms. The van der Waals surface area contributed by atoms with E-state index in [1.165, 1.54) is 12.8 Å². The maximum atomic E-state index is 6.11. The first-order valence-electron chi connectivity index (χ1n) is 7.41. The number of methoxy groups -OCH3 is 1. The highest BCUT2D eigenvalue weighted by molar-refractivity contribution is 6.70. The SMILES string of the molecule is CCCCC=C(C=C(OC)O[Si](C)(C)C)O[Si](C)(C)C. The van der Waals surface area contributed by atoms with Crippen molar-refractivity contribution in [1.29, 1.82) is 0 Å². The molecule has 3 nitrogen and oxygen atoms in total. The zero-order chi connectivity index (χ0) is 15.8. The minimum Gasteiger partial charge on any atom is -0.544 e. The summed E-state index contributed by atoms with van der Waals surface area (Å²) in [7, 11) is -1.66. The Morgan fingerprint density at radius 2 is 1.50 bits per heavy atom. The van der Waals surface area contributed by atoms with E-state index < -0.39 is 16.6 Å². The normalized spacial score (nSPS) is 14.2. The highest BCUT2D eigenvalue weighted by atomic mass is 28.4. The quantitative estimate of drug-likeness (QED) is 0.251. The monoisotopic (exact) mass is 316 g/mol. The standard InChI is InChI=1S/C15H32O3Si2/c1-9-10-11-12-14(17-19(3,4)5)13-15(16-2)18-20(6,7)8/h12-13H,9-11H2,1-8H3. The molecule has 0 radical (unpaired) electrons. The van der Waals surface area contributed by atoms with Crippen LogP contribution in [0.25, 0.3) is 0 Å². The maximum absolute atomic E-state index is 6.11. The van der Waals surface area contributed by atoms with Gasteiger partial charge in [0.2, 0.25) is 16.6 Å². The van der Waals surface area contributed by atoms with Crippen molar-refractivity contribution in [2.24, 2.45) is 0 Å². The smallest absolute Gasteiger partial charge is 0.268 e. The van der Waals surface area contributed by atoms with Gasteiger partial charge in [-0.2, -0.15) is 0 Å². The summed E-state index contributed by atoms with van der Waals surface area (Å²) in [6, 6.07) is 0. The number of hydrogen-bond donors (Lipinski definition) is 0. The van der Waals surface area contributed by atoms with Gasteiger partial charge in [0.1, 0.15) is 5.76 Å². The number of rotatable bonds is 9. The molecule has 0 heterocycles. The largest absolute Gasteiger partial charge is 0.544 e. The van der Waals surface area contributed by atoms with Crippen LogP contribution in [-0.2, 0) is 13.6 Å². The molecule has 0 aliphatic carbocycles. The average Bonchev–Trinajstić information content (AvgIpc) is 2.24. The molecule has 0 unspecified atom stereocenters. The van der Waals surface area contributed by atoms with Gasteiger partial charge >= 0.3 is 0 Å². The summed E-state index contributed by atoms with van der Waals surface area (Å²) in [5.41, 5.74) is 0. The molecular weight excluding hydrogens is 284 g/mol. The van der Waals surface area contributed by atoms with Crippen LogP contribution in [0.15, 0.2) is 23.9 Å². The summed E-state index contributed by atoms with van der Waals surface area (Å²) in [5.74, 6) is 1.44. The first-order chi connectivity index (χ1) is 9.07. The lowest BCUT2D eigenvalue weighted by molar-refractivity contribution is 0.145. The van der Waals surface area contributed by atoms with E-state index in [1.807, 2.05) is 6.08 Å². The Bertz CT molecular complexity index is 336. The fourth-order valence-electron chi connectivity index (χ4n) is 1.48. The van der Waals surface area contributed by atoms with E-state index in [4.69, 9.17) is 13.6 Å². The minimum atomic E-state index is -1.67. The molecule has 0 rings (SSSR count). The molecule has 118 valence electrons. The van der Waals surface area contributed by atoms with Gasteiger partial charge in [-0.1, -0.05) is 13.3 Å². The molecule has 0 aromatic heterocycles. The van der Waals surface area contributed by atoms with Crippen LogP contribution in [0, 0.1) is 0 Å². The van der Waals surface area contributed by atoms with E-state index in [0.29, 0.717) is 5.95 Å². The summed E-state index contributed by atoms with van der Waals surface area (Å²) in [6.07, 6.45) is 7.42. The molecule has 0 aliphatic rings. The van der Waals surface area contributed by atoms with Crippen molar-refractivity contribution in [3.63, 3.8) is 0 Å². The molecule has 0 spiro atoms. The van der Waals surface area contributed by atoms with E-state index in [2.05, 4.69) is 52.3 Å². The van der Waals surface area contributed by atoms with Crippen LogP contribution < -0.4 is 0 Å². The van der Waals surface area contributed by atoms with Crippen LogP contribution in [0.5, 0.6) is 0 Å². The summed E-state index contributed by atoms with van der Waals surface area (Å²) in [5, 5.41) is 0. The van der Waals surface area contributed by atoms with Crippen molar-refractivity contribution in [2.75, 3.05) is 7.11 Å². The second kappa shape index (κ2) is 8.57. The lowest BCUT2D eigenvalue weighted by Gasteiger charge is -2.23. The first kappa shape index (κ1) is 19.3. The molecule has 0 amide bonds. The number of hydrogen-bond acceptors (Lipinski definition) is 3. The predicted octanol–water partition coefficient (Wildman–Crippen LogP) is 5.25. The highest BCUT2D eigenvalue weighted by Gasteiger charge is 2.20. The van der Waals surface area contributed by atoms with Gasteiger partial charge in [0.05, 0.1) is 13.2 Å². The molecule has 0 fully saturated rings. The minimum absolute atomic E-state index is 0.560. The van der Waals surface area contributed by atoms with Crippen molar-refractivity contribution in [1.82, 2.24) is 0 Å². The van der Waals surface area contributed by atoms with Gasteiger partial charge in [0, 0.05) is 0 Å². The third-order valence-corrected chi connectivity index (χ3v) is 3.86. The summed E-state index contributed by atoms with van der Waals surface area (Å²) in [6.45, 7) is 15.2. The zero-order valence-corrected chi connectivity index (χ0v) is 16.5. The molecule has 0 atom stereocenters. The fraction of sp³-hybridized carbons (Fsp3) is 0.733. The van der Waals surface area contributed by atoms with Crippen LogP contribution in [0.3, 0.4) is 0 Å². The molecule has 0 N–H and O–H groups in total. The Labute approximate surface area is 127 Å². The van der Waals surface area contributed by atoms with Gasteiger partial charge in [-0.05, 0) is 58.2 Å². The van der Waals surface area contributed by atoms with Crippen molar-refractivity contribution in [2.45, 2.75) is 65.5 Å². The van der Waals surface area contributed by atoms with Crippen LogP contribution in [0.1, 0.15) is 26.2 Å². The van der Waals surface area contributed by atoms with Crippen LogP contribution in [0.2, 0.25) is 39.3 Å². The van der Waals surface area contributed by atoms with Crippen molar-refractivity contribution >= 4 is 16.6 Å². The molecule has 5 heteroatoms. The lowest BCUT2D eigenvalue weighted by atomic mass is 10.2. The second-order valence-electron chi connectivity index (χ2n) is 6.85. The van der Waals surface area contributed by atoms with Gasteiger partial charge in [0.15, 0.2) is 0 Å². The average molecular weight is 317 g/mol. The Kier molecular flexibility index (Phi) is 8.27. The van der Waals surface area contributed by atoms with Gasteiger partial charge in [-0.3, -0.25) is 0 Å². The third kappa shape index (κ3) is 11.2. The van der Waals surface area contributed by atoms with Crippen LogP contribution in [0.4, 0.5) is 0 Å². The number of unbranched alkanes of at least 4 members (excludes halogenated alkanes) is 2. The Morgan fingerprint density at radius 3 is 1.90 bits per heavy atom. The van der Waals surface area contributed by atoms with Gasteiger partial charge in [-0.15, -0.1) is 0 Å². The zero-order valence-electron chi connectivity index (χ0n) is 14.5. The molecule has 0 aromatic rings. The van der Waals surface area contributed by atoms with E-state index >= 15 is 0 Å². The molecule has 0 aliphatic heterocycles. The topological polar surface area (TPSA) is 27.7 Å². The van der Waals surface area contributed by atoms with E-state index in [0.717, 1.165) is 12.2 Å². The molecular formula is C15H32O3Si2. The summed E-state index contributed by atoms with van der Waals surface area (Å²) in [4.78, 5) is 0. The third-order valence-electron chi connectivity index (χ3n) is 2.20. The van der Waals surface area contributed by atoms with Crippen molar-refractivity contribution in [3.05, 3.63) is 23.9 Å². The maximum Gasteiger partial charge on any atom is 0.268 e. The summed E-state index contributed by atoms with van der Waals surface area (Å²) >= 11 is 0. The van der Waals surface area contributed by atoms with Crippen LogP contribution in [-0.4, -0.2) is 23.7 Å². The predicted molar refractivity (Wildman–Crippen MR) is 91.6 cm³/mol. The van der Waals surface area contributed by atoms with Gasteiger partial charge < -0.3 is 13.6 Å².